The van der Waals surface area contributed by atoms with Crippen molar-refractivity contribution in [2.24, 2.45) is 0 Å². The highest BCUT2D eigenvalue weighted by Gasteiger charge is 2.19. The second kappa shape index (κ2) is 7.66. The molecule has 19 heavy (non-hydrogen) atoms. The largest absolute Gasteiger partial charge is 0.317 e. The van der Waals surface area contributed by atoms with Gasteiger partial charge < -0.3 is 5.32 Å². The summed E-state index contributed by atoms with van der Waals surface area (Å²) in [6.07, 6.45) is 6.74. The standard InChI is InChI=1S/C17H28N2/c1-3-18-13-12-15-8-4-5-9-16(15)14-19(2)17-10-6-7-11-17/h4-5,8-9,17-18H,3,6-7,10-14H2,1-2H3. The van der Waals surface area contributed by atoms with E-state index in [9.17, 15) is 0 Å². The Morgan fingerprint density at radius 1 is 1.16 bits per heavy atom. The number of benzene rings is 1. The number of likely N-dealkylation sites (N-methyl/N-ethyl adjacent to an activating group) is 1. The molecular formula is C17H28N2. The van der Waals surface area contributed by atoms with Crippen LogP contribution in [0, 0.1) is 0 Å². The molecule has 106 valence electrons. The molecule has 0 radical (unpaired) electrons. The summed E-state index contributed by atoms with van der Waals surface area (Å²) in [4.78, 5) is 2.55. The van der Waals surface area contributed by atoms with Crippen molar-refractivity contribution in [1.82, 2.24) is 10.2 Å². The topological polar surface area (TPSA) is 15.3 Å². The first kappa shape index (κ1) is 14.5. The van der Waals surface area contributed by atoms with E-state index in [1.165, 1.54) is 36.8 Å². The minimum atomic E-state index is 0.807. The van der Waals surface area contributed by atoms with Crippen LogP contribution in [0.2, 0.25) is 0 Å². The van der Waals surface area contributed by atoms with Gasteiger partial charge in [-0.05, 0) is 50.5 Å². The van der Waals surface area contributed by atoms with Crippen LogP contribution in [-0.2, 0) is 13.0 Å². The van der Waals surface area contributed by atoms with Crippen LogP contribution >= 0.6 is 0 Å². The van der Waals surface area contributed by atoms with E-state index in [1.54, 1.807) is 0 Å². The molecular weight excluding hydrogens is 232 g/mol. The van der Waals surface area contributed by atoms with Crippen molar-refractivity contribution in [3.8, 4) is 0 Å². The molecule has 1 saturated carbocycles. The molecule has 1 N–H and O–H groups in total. The summed E-state index contributed by atoms with van der Waals surface area (Å²) in [6.45, 7) is 5.41. The minimum absolute atomic E-state index is 0.807. The predicted molar refractivity (Wildman–Crippen MR) is 82.4 cm³/mol. The van der Waals surface area contributed by atoms with E-state index in [0.717, 1.165) is 32.1 Å². The molecule has 2 nitrogen and oxygen atoms in total. The summed E-state index contributed by atoms with van der Waals surface area (Å²) in [7, 11) is 2.29. The zero-order valence-corrected chi connectivity index (χ0v) is 12.5. The van der Waals surface area contributed by atoms with E-state index in [1.807, 2.05) is 0 Å². The van der Waals surface area contributed by atoms with Crippen LogP contribution < -0.4 is 5.32 Å². The molecule has 2 rings (SSSR count). The molecule has 0 aromatic heterocycles. The summed E-state index contributed by atoms with van der Waals surface area (Å²) < 4.78 is 0. The molecule has 0 aliphatic heterocycles. The number of rotatable bonds is 7. The van der Waals surface area contributed by atoms with Gasteiger partial charge in [-0.25, -0.2) is 0 Å². The van der Waals surface area contributed by atoms with Crippen LogP contribution in [0.4, 0.5) is 0 Å². The van der Waals surface area contributed by atoms with Gasteiger partial charge in [-0.3, -0.25) is 4.90 Å². The SMILES string of the molecule is CCNCCc1ccccc1CN(C)C1CCCC1. The average molecular weight is 260 g/mol. The summed E-state index contributed by atoms with van der Waals surface area (Å²) in [5.41, 5.74) is 3.02. The van der Waals surface area contributed by atoms with Gasteiger partial charge in [0.2, 0.25) is 0 Å². The maximum atomic E-state index is 3.42. The summed E-state index contributed by atoms with van der Waals surface area (Å²) in [6, 6.07) is 9.73. The van der Waals surface area contributed by atoms with Gasteiger partial charge in [0.1, 0.15) is 0 Å². The van der Waals surface area contributed by atoms with Crippen LogP contribution in [0.3, 0.4) is 0 Å². The van der Waals surface area contributed by atoms with Gasteiger partial charge in [0, 0.05) is 12.6 Å². The highest BCUT2D eigenvalue weighted by molar-refractivity contribution is 5.27. The molecule has 0 saturated heterocycles. The van der Waals surface area contributed by atoms with Crippen molar-refractivity contribution in [2.45, 2.75) is 51.6 Å². The lowest BCUT2D eigenvalue weighted by Crippen LogP contribution is -2.29. The molecule has 0 unspecified atom stereocenters. The van der Waals surface area contributed by atoms with Gasteiger partial charge in [0.05, 0.1) is 0 Å². The van der Waals surface area contributed by atoms with Gasteiger partial charge in [-0.2, -0.15) is 0 Å². The third-order valence-corrected chi connectivity index (χ3v) is 4.31. The normalized spacial score (nSPS) is 16.4. The summed E-state index contributed by atoms with van der Waals surface area (Å²) in [5, 5.41) is 3.42. The maximum absolute atomic E-state index is 3.42. The lowest BCUT2D eigenvalue weighted by atomic mass is 10.0. The lowest BCUT2D eigenvalue weighted by Gasteiger charge is -2.25. The van der Waals surface area contributed by atoms with Crippen molar-refractivity contribution in [1.29, 1.82) is 0 Å². The Morgan fingerprint density at radius 2 is 1.84 bits per heavy atom. The smallest absolute Gasteiger partial charge is 0.0236 e. The fourth-order valence-corrected chi connectivity index (χ4v) is 3.10. The van der Waals surface area contributed by atoms with Crippen LogP contribution in [0.1, 0.15) is 43.7 Å². The Bertz CT molecular complexity index is 369. The lowest BCUT2D eigenvalue weighted by molar-refractivity contribution is 0.237. The van der Waals surface area contributed by atoms with Crippen LogP contribution in [-0.4, -0.2) is 31.1 Å². The van der Waals surface area contributed by atoms with E-state index in [-0.39, 0.29) is 0 Å². The van der Waals surface area contributed by atoms with Crippen LogP contribution in [0.5, 0.6) is 0 Å². The van der Waals surface area contributed by atoms with Gasteiger partial charge in [0.15, 0.2) is 0 Å². The third kappa shape index (κ3) is 4.32. The number of hydrogen-bond acceptors (Lipinski definition) is 2. The fourth-order valence-electron chi connectivity index (χ4n) is 3.10. The molecule has 1 aliphatic carbocycles. The second-order valence-corrected chi connectivity index (χ2v) is 5.73. The Hall–Kier alpha value is -0.860. The van der Waals surface area contributed by atoms with Gasteiger partial charge in [-0.15, -0.1) is 0 Å². The highest BCUT2D eigenvalue weighted by Crippen LogP contribution is 2.24. The molecule has 1 fully saturated rings. The molecule has 1 aromatic rings. The Balaban J connectivity index is 1.94. The zero-order chi connectivity index (χ0) is 13.5. The van der Waals surface area contributed by atoms with Gasteiger partial charge in [0.25, 0.3) is 0 Å². The van der Waals surface area contributed by atoms with E-state index < -0.39 is 0 Å². The molecule has 0 amide bonds. The van der Waals surface area contributed by atoms with Crippen molar-refractivity contribution in [3.63, 3.8) is 0 Å². The first-order valence-corrected chi connectivity index (χ1v) is 7.79. The Labute approximate surface area is 118 Å². The van der Waals surface area contributed by atoms with Crippen molar-refractivity contribution >= 4 is 0 Å². The van der Waals surface area contributed by atoms with Crippen molar-refractivity contribution in [3.05, 3.63) is 35.4 Å². The van der Waals surface area contributed by atoms with E-state index in [2.05, 4.69) is 48.5 Å². The summed E-state index contributed by atoms with van der Waals surface area (Å²) in [5.74, 6) is 0. The predicted octanol–water partition coefficient (Wildman–Crippen LogP) is 3.21. The molecule has 1 aliphatic rings. The van der Waals surface area contributed by atoms with Gasteiger partial charge >= 0.3 is 0 Å². The van der Waals surface area contributed by atoms with E-state index in [4.69, 9.17) is 0 Å². The molecule has 1 aromatic carbocycles. The molecule has 2 heteroatoms. The molecule has 0 heterocycles. The monoisotopic (exact) mass is 260 g/mol. The number of hydrogen-bond donors (Lipinski definition) is 1. The van der Waals surface area contributed by atoms with Crippen LogP contribution in [0.25, 0.3) is 0 Å². The quantitative estimate of drug-likeness (QED) is 0.757. The van der Waals surface area contributed by atoms with E-state index in [0.29, 0.717) is 0 Å². The number of nitrogens with zero attached hydrogens (tertiary/aromatic N) is 1. The van der Waals surface area contributed by atoms with Gasteiger partial charge in [-0.1, -0.05) is 44.0 Å². The van der Waals surface area contributed by atoms with Crippen LogP contribution in [0.15, 0.2) is 24.3 Å². The molecule has 0 atom stereocenters. The average Bonchev–Trinajstić information content (AvgIpc) is 2.95. The zero-order valence-electron chi connectivity index (χ0n) is 12.5. The second-order valence-electron chi connectivity index (χ2n) is 5.73. The van der Waals surface area contributed by atoms with Crippen molar-refractivity contribution < 1.29 is 0 Å². The Morgan fingerprint density at radius 3 is 2.53 bits per heavy atom. The Kier molecular flexibility index (Phi) is 5.87. The first-order valence-electron chi connectivity index (χ1n) is 7.79. The molecule has 0 spiro atoms. The molecule has 0 bridgehead atoms. The first-order chi connectivity index (χ1) is 9.31. The maximum Gasteiger partial charge on any atom is 0.0236 e. The van der Waals surface area contributed by atoms with E-state index >= 15 is 0 Å². The number of nitrogens with one attached hydrogen (secondary N) is 1. The minimum Gasteiger partial charge on any atom is -0.317 e. The fraction of sp³-hybridized carbons (Fsp3) is 0.647. The van der Waals surface area contributed by atoms with Crippen molar-refractivity contribution in [2.75, 3.05) is 20.1 Å². The highest BCUT2D eigenvalue weighted by atomic mass is 15.1. The summed E-state index contributed by atoms with van der Waals surface area (Å²) >= 11 is 0. The third-order valence-electron chi connectivity index (χ3n) is 4.31.